The Hall–Kier alpha value is -2.84. The molecule has 3 heterocycles. The lowest BCUT2D eigenvalue weighted by molar-refractivity contribution is 1.02. The highest BCUT2D eigenvalue weighted by molar-refractivity contribution is 7.26. The van der Waals surface area contributed by atoms with E-state index in [9.17, 15) is 0 Å². The minimum atomic E-state index is 0.993. The number of aryl methyl sites for hydroxylation is 1. The van der Waals surface area contributed by atoms with Crippen molar-refractivity contribution in [2.45, 2.75) is 13.3 Å². The molecule has 6 rings (SSSR count). The highest BCUT2D eigenvalue weighted by Gasteiger charge is 2.21. The largest absolute Gasteiger partial charge is 0.311 e. The fourth-order valence-electron chi connectivity index (χ4n) is 4.70. The normalized spacial score (nSPS) is 12.3. The lowest BCUT2D eigenvalue weighted by Crippen LogP contribution is -1.91. The van der Waals surface area contributed by atoms with Crippen molar-refractivity contribution in [2.75, 3.05) is 0 Å². The van der Waals surface area contributed by atoms with Crippen LogP contribution in [0.1, 0.15) is 18.2 Å². The van der Waals surface area contributed by atoms with Gasteiger partial charge in [0, 0.05) is 47.6 Å². The average Bonchev–Trinajstić information content (AvgIpc) is 3.32. The fourth-order valence-corrected chi connectivity index (χ4v) is 5.81. The summed E-state index contributed by atoms with van der Waals surface area (Å²) in [5.74, 6) is 0. The van der Waals surface area contributed by atoms with Crippen molar-refractivity contribution in [3.05, 3.63) is 72.4 Å². The summed E-state index contributed by atoms with van der Waals surface area (Å²) in [5.41, 5.74) is 5.35. The number of aromatic nitrogens is 1. The molecule has 3 aromatic heterocycles. The molecule has 0 aliphatic rings. The van der Waals surface area contributed by atoms with Gasteiger partial charge in [0.05, 0.1) is 11.0 Å². The van der Waals surface area contributed by atoms with Crippen molar-refractivity contribution >= 4 is 64.8 Å². The van der Waals surface area contributed by atoms with Gasteiger partial charge in [0.15, 0.2) is 0 Å². The first-order chi connectivity index (χ1) is 12.8. The summed E-state index contributed by atoms with van der Waals surface area (Å²) in [4.78, 5) is 0. The van der Waals surface area contributed by atoms with Gasteiger partial charge in [-0.15, -0.1) is 11.3 Å². The summed E-state index contributed by atoms with van der Waals surface area (Å²) in [6, 6.07) is 20.1. The molecule has 2 heteroatoms. The Labute approximate surface area is 155 Å². The van der Waals surface area contributed by atoms with Gasteiger partial charge in [0.1, 0.15) is 0 Å². The second kappa shape index (κ2) is 4.87. The minimum Gasteiger partial charge on any atom is -0.311 e. The van der Waals surface area contributed by atoms with E-state index in [1.54, 1.807) is 0 Å². The molecule has 6 aromatic rings. The standard InChI is InChI=1S/C24H17NS/c1-3-14-15-9-7-10-16-17-12-13-21-22(18-8-5-6-11-20(18)26-21)24(17)25(23(15)16)19(14)4-2/h3,5-13H,1,4H2,2H3. The molecule has 0 amide bonds. The average molecular weight is 351 g/mol. The molecule has 0 saturated heterocycles. The van der Waals surface area contributed by atoms with Crippen LogP contribution in [0.3, 0.4) is 0 Å². The maximum absolute atomic E-state index is 4.10. The maximum Gasteiger partial charge on any atom is 0.0631 e. The molecular weight excluding hydrogens is 334 g/mol. The molecular formula is C24H17NS. The zero-order chi connectivity index (χ0) is 17.4. The van der Waals surface area contributed by atoms with Gasteiger partial charge < -0.3 is 4.40 Å². The molecule has 1 nitrogen and oxygen atoms in total. The van der Waals surface area contributed by atoms with E-state index in [1.165, 1.54) is 58.6 Å². The van der Waals surface area contributed by atoms with Gasteiger partial charge in [-0.3, -0.25) is 0 Å². The first-order valence-corrected chi connectivity index (χ1v) is 9.89. The van der Waals surface area contributed by atoms with Crippen molar-refractivity contribution in [1.29, 1.82) is 0 Å². The van der Waals surface area contributed by atoms with E-state index in [2.05, 4.69) is 72.5 Å². The molecule has 3 aromatic carbocycles. The van der Waals surface area contributed by atoms with Crippen LogP contribution < -0.4 is 0 Å². The molecule has 0 aliphatic carbocycles. The molecule has 0 spiro atoms. The molecule has 26 heavy (non-hydrogen) atoms. The van der Waals surface area contributed by atoms with E-state index >= 15 is 0 Å². The van der Waals surface area contributed by atoms with Crippen LogP contribution in [0.5, 0.6) is 0 Å². The monoisotopic (exact) mass is 351 g/mol. The minimum absolute atomic E-state index is 0.993. The molecule has 0 aliphatic heterocycles. The highest BCUT2D eigenvalue weighted by Crippen LogP contribution is 2.44. The molecule has 0 atom stereocenters. The van der Waals surface area contributed by atoms with E-state index in [4.69, 9.17) is 0 Å². The molecule has 0 N–H and O–H groups in total. The van der Waals surface area contributed by atoms with E-state index in [-0.39, 0.29) is 0 Å². The van der Waals surface area contributed by atoms with E-state index in [0.29, 0.717) is 0 Å². The second-order valence-electron chi connectivity index (χ2n) is 6.89. The Balaban J connectivity index is 2.04. The van der Waals surface area contributed by atoms with Gasteiger partial charge in [-0.1, -0.05) is 62.0 Å². The molecule has 0 fully saturated rings. The number of rotatable bonds is 2. The molecule has 0 radical (unpaired) electrons. The molecule has 0 unspecified atom stereocenters. The third-order valence-electron chi connectivity index (χ3n) is 5.70. The van der Waals surface area contributed by atoms with Crippen molar-refractivity contribution in [1.82, 2.24) is 4.40 Å². The Morgan fingerprint density at radius 2 is 1.62 bits per heavy atom. The van der Waals surface area contributed by atoms with Crippen molar-refractivity contribution < 1.29 is 0 Å². The van der Waals surface area contributed by atoms with Crippen molar-refractivity contribution in [3.8, 4) is 0 Å². The van der Waals surface area contributed by atoms with E-state index in [0.717, 1.165) is 6.42 Å². The maximum atomic E-state index is 4.10. The predicted octanol–water partition coefficient (Wildman–Crippen LogP) is 7.26. The summed E-state index contributed by atoms with van der Waals surface area (Å²) in [6.07, 6.45) is 3.02. The molecule has 0 saturated carbocycles. The Bertz CT molecular complexity index is 1480. The zero-order valence-corrected chi connectivity index (χ0v) is 15.4. The van der Waals surface area contributed by atoms with Gasteiger partial charge in [0.25, 0.3) is 0 Å². The number of hydrogen-bond acceptors (Lipinski definition) is 1. The smallest absolute Gasteiger partial charge is 0.0631 e. The van der Waals surface area contributed by atoms with E-state index < -0.39 is 0 Å². The third-order valence-corrected chi connectivity index (χ3v) is 6.84. The van der Waals surface area contributed by atoms with Gasteiger partial charge in [-0.25, -0.2) is 0 Å². The summed E-state index contributed by atoms with van der Waals surface area (Å²) < 4.78 is 5.23. The van der Waals surface area contributed by atoms with E-state index in [1.807, 2.05) is 17.4 Å². The number of thiophene rings is 1. The Morgan fingerprint density at radius 3 is 2.46 bits per heavy atom. The van der Waals surface area contributed by atoms with Crippen LogP contribution in [0.2, 0.25) is 0 Å². The molecule has 124 valence electrons. The van der Waals surface area contributed by atoms with Crippen LogP contribution in [0.25, 0.3) is 53.4 Å². The second-order valence-corrected chi connectivity index (χ2v) is 7.97. The lowest BCUT2D eigenvalue weighted by Gasteiger charge is -2.03. The van der Waals surface area contributed by atoms with Gasteiger partial charge in [-0.2, -0.15) is 0 Å². The predicted molar refractivity (Wildman–Crippen MR) is 116 cm³/mol. The summed E-state index contributed by atoms with van der Waals surface area (Å²) in [5, 5.41) is 6.77. The van der Waals surface area contributed by atoms with Crippen LogP contribution in [0.15, 0.2) is 61.2 Å². The number of para-hydroxylation sites is 1. The molecule has 0 bridgehead atoms. The zero-order valence-electron chi connectivity index (χ0n) is 14.5. The SMILES string of the molecule is C=Cc1c(CC)n2c3c1cccc3c1ccc3sc4ccccc4c3c12. The summed E-state index contributed by atoms with van der Waals surface area (Å²) in [6.45, 7) is 6.35. The topological polar surface area (TPSA) is 4.41 Å². The number of nitrogens with zero attached hydrogens (tertiary/aromatic N) is 1. The van der Waals surface area contributed by atoms with Crippen LogP contribution in [0.4, 0.5) is 0 Å². The van der Waals surface area contributed by atoms with Crippen molar-refractivity contribution in [3.63, 3.8) is 0 Å². The number of hydrogen-bond donors (Lipinski definition) is 0. The van der Waals surface area contributed by atoms with Crippen molar-refractivity contribution in [2.24, 2.45) is 0 Å². The number of benzene rings is 3. The number of fused-ring (bicyclic) bond motifs is 7. The fraction of sp³-hybridized carbons (Fsp3) is 0.0833. The van der Waals surface area contributed by atoms with Crippen LogP contribution in [0, 0.1) is 0 Å². The quantitative estimate of drug-likeness (QED) is 0.309. The first-order valence-electron chi connectivity index (χ1n) is 9.07. The third kappa shape index (κ3) is 1.52. The van der Waals surface area contributed by atoms with Crippen LogP contribution in [-0.2, 0) is 6.42 Å². The Morgan fingerprint density at radius 1 is 0.846 bits per heavy atom. The highest BCUT2D eigenvalue weighted by atomic mass is 32.1. The van der Waals surface area contributed by atoms with Gasteiger partial charge in [0.2, 0.25) is 0 Å². The summed E-state index contributed by atoms with van der Waals surface area (Å²) >= 11 is 1.89. The first kappa shape index (κ1) is 14.3. The summed E-state index contributed by atoms with van der Waals surface area (Å²) in [7, 11) is 0. The van der Waals surface area contributed by atoms with Crippen LogP contribution >= 0.6 is 11.3 Å². The van der Waals surface area contributed by atoms with Crippen LogP contribution in [-0.4, -0.2) is 4.40 Å². The lowest BCUT2D eigenvalue weighted by atomic mass is 10.0. The van der Waals surface area contributed by atoms with Gasteiger partial charge >= 0.3 is 0 Å². The Kier molecular flexibility index (Phi) is 2.68. The van der Waals surface area contributed by atoms with Gasteiger partial charge in [-0.05, 0) is 18.6 Å².